The van der Waals surface area contributed by atoms with Crippen molar-refractivity contribution in [2.24, 2.45) is 5.92 Å². The van der Waals surface area contributed by atoms with Crippen molar-refractivity contribution in [2.75, 3.05) is 19.0 Å². The molecule has 0 amide bonds. The van der Waals surface area contributed by atoms with Gasteiger partial charge >= 0.3 is 0 Å². The molecule has 2 rings (SSSR count). The number of sulfonamides is 1. The highest BCUT2D eigenvalue weighted by Gasteiger charge is 2.34. The van der Waals surface area contributed by atoms with Crippen LogP contribution in [0.5, 0.6) is 0 Å². The Morgan fingerprint density at radius 3 is 2.60 bits per heavy atom. The summed E-state index contributed by atoms with van der Waals surface area (Å²) in [6.45, 7) is 5.21. The maximum absolute atomic E-state index is 12.4. The molecule has 1 fully saturated rings. The average molecular weight is 362 g/mol. The lowest BCUT2D eigenvalue weighted by atomic mass is 10.0. The second-order valence-electron chi connectivity index (χ2n) is 5.37. The molecule has 0 spiro atoms. The molecular weight excluding hydrogens is 342 g/mol. The van der Waals surface area contributed by atoms with Crippen LogP contribution in [0.25, 0.3) is 0 Å². The first-order chi connectivity index (χ1) is 9.40. The highest BCUT2D eigenvalue weighted by molar-refractivity contribution is 9.10. The molecule has 1 atom stereocenters. The van der Waals surface area contributed by atoms with Gasteiger partial charge in [-0.15, -0.1) is 0 Å². The van der Waals surface area contributed by atoms with E-state index in [1.165, 1.54) is 0 Å². The molecule has 1 aliphatic rings. The Bertz CT molecular complexity index is 542. The molecule has 0 unspecified atom stereocenters. The summed E-state index contributed by atoms with van der Waals surface area (Å²) in [5.74, 6) is 0.283. The normalized spacial score (nSPS) is 23.7. The number of ether oxygens (including phenoxy) is 1. The van der Waals surface area contributed by atoms with Crippen molar-refractivity contribution in [3.63, 3.8) is 0 Å². The van der Waals surface area contributed by atoms with Crippen molar-refractivity contribution in [3.05, 3.63) is 34.3 Å². The molecule has 1 aromatic rings. The van der Waals surface area contributed by atoms with Gasteiger partial charge in [0, 0.05) is 11.0 Å². The highest BCUT2D eigenvalue weighted by Crippen LogP contribution is 2.23. The molecular formula is C14H20BrNO3S. The molecule has 1 saturated heterocycles. The molecule has 0 radical (unpaired) electrons. The van der Waals surface area contributed by atoms with Crippen LogP contribution in [0.4, 0.5) is 0 Å². The average Bonchev–Trinajstić information content (AvgIpc) is 2.52. The van der Waals surface area contributed by atoms with E-state index in [0.29, 0.717) is 13.2 Å². The first-order valence-electron chi connectivity index (χ1n) is 6.72. The molecule has 0 bridgehead atoms. The fraction of sp³-hybridized carbons (Fsp3) is 0.571. The monoisotopic (exact) mass is 361 g/mol. The van der Waals surface area contributed by atoms with E-state index in [-0.39, 0.29) is 24.3 Å². The number of benzene rings is 1. The lowest BCUT2D eigenvalue weighted by Crippen LogP contribution is -2.44. The number of nitrogens with zero attached hydrogens (tertiary/aromatic N) is 1. The van der Waals surface area contributed by atoms with E-state index < -0.39 is 10.0 Å². The lowest BCUT2D eigenvalue weighted by molar-refractivity contribution is 0.0902. The van der Waals surface area contributed by atoms with E-state index in [0.717, 1.165) is 10.0 Å². The zero-order chi connectivity index (χ0) is 14.8. The van der Waals surface area contributed by atoms with Crippen molar-refractivity contribution in [1.29, 1.82) is 0 Å². The topological polar surface area (TPSA) is 46.6 Å². The van der Waals surface area contributed by atoms with E-state index in [2.05, 4.69) is 15.9 Å². The molecule has 1 heterocycles. The number of hydrogen-bond acceptors (Lipinski definition) is 3. The number of rotatable bonds is 3. The maximum atomic E-state index is 12.4. The second-order valence-corrected chi connectivity index (χ2v) is 8.33. The molecule has 112 valence electrons. The van der Waals surface area contributed by atoms with Crippen LogP contribution in [0.15, 0.2) is 28.7 Å². The fourth-order valence-corrected chi connectivity index (χ4v) is 4.18. The van der Waals surface area contributed by atoms with Crippen LogP contribution in [0, 0.1) is 5.92 Å². The van der Waals surface area contributed by atoms with Crippen molar-refractivity contribution in [1.82, 2.24) is 4.31 Å². The Kier molecular flexibility index (Phi) is 5.23. The van der Waals surface area contributed by atoms with Crippen LogP contribution in [-0.2, 0) is 21.3 Å². The first-order valence-corrected chi connectivity index (χ1v) is 9.12. The standard InChI is InChI=1S/C14H20BrNO3S/c1-11(2)14-10-19-7-8-20(17,18)16(14)9-12-3-5-13(15)6-4-12/h3-6,11,14H,7-10H2,1-2H3/t14-/m1/s1. The maximum Gasteiger partial charge on any atom is 0.217 e. The highest BCUT2D eigenvalue weighted by atomic mass is 79.9. The Hall–Kier alpha value is -0.430. The van der Waals surface area contributed by atoms with Crippen molar-refractivity contribution >= 4 is 26.0 Å². The van der Waals surface area contributed by atoms with Crippen LogP contribution in [-0.4, -0.2) is 37.7 Å². The fourth-order valence-electron chi connectivity index (χ4n) is 2.29. The Balaban J connectivity index is 2.28. The molecule has 4 nitrogen and oxygen atoms in total. The van der Waals surface area contributed by atoms with Crippen LogP contribution in [0.2, 0.25) is 0 Å². The van der Waals surface area contributed by atoms with Gasteiger partial charge in [0.1, 0.15) is 0 Å². The minimum atomic E-state index is -3.27. The summed E-state index contributed by atoms with van der Waals surface area (Å²) >= 11 is 3.39. The predicted octanol–water partition coefficient (Wildman–Crippen LogP) is 2.64. The molecule has 1 aromatic carbocycles. The third-order valence-corrected chi connectivity index (χ3v) is 5.85. The zero-order valence-electron chi connectivity index (χ0n) is 11.8. The predicted molar refractivity (Wildman–Crippen MR) is 82.9 cm³/mol. The van der Waals surface area contributed by atoms with E-state index in [1.54, 1.807) is 4.31 Å². The van der Waals surface area contributed by atoms with Crippen molar-refractivity contribution < 1.29 is 13.2 Å². The van der Waals surface area contributed by atoms with Gasteiger partial charge in [-0.3, -0.25) is 0 Å². The van der Waals surface area contributed by atoms with E-state index in [9.17, 15) is 8.42 Å². The van der Waals surface area contributed by atoms with E-state index in [1.807, 2.05) is 38.1 Å². The summed E-state index contributed by atoms with van der Waals surface area (Å²) in [5.41, 5.74) is 0.990. The zero-order valence-corrected chi connectivity index (χ0v) is 14.2. The minimum Gasteiger partial charge on any atom is -0.379 e. The second kappa shape index (κ2) is 6.56. The van der Waals surface area contributed by atoms with Gasteiger partial charge in [0.25, 0.3) is 0 Å². The molecule has 1 aliphatic heterocycles. The molecule has 0 aromatic heterocycles. The SMILES string of the molecule is CC(C)[C@H]1COCCS(=O)(=O)N1Cc1ccc(Br)cc1. The van der Waals surface area contributed by atoms with Crippen molar-refractivity contribution in [3.8, 4) is 0 Å². The third-order valence-electron chi connectivity index (χ3n) is 3.52. The smallest absolute Gasteiger partial charge is 0.217 e. The summed E-state index contributed by atoms with van der Waals surface area (Å²) < 4.78 is 32.9. The largest absolute Gasteiger partial charge is 0.379 e. The quantitative estimate of drug-likeness (QED) is 0.831. The van der Waals surface area contributed by atoms with E-state index in [4.69, 9.17) is 4.74 Å². The van der Waals surface area contributed by atoms with Crippen LogP contribution in [0.3, 0.4) is 0 Å². The molecule has 6 heteroatoms. The lowest BCUT2D eigenvalue weighted by Gasteiger charge is -2.31. The molecule has 0 saturated carbocycles. The van der Waals surface area contributed by atoms with Crippen LogP contribution >= 0.6 is 15.9 Å². The molecule has 0 aliphatic carbocycles. The third kappa shape index (κ3) is 3.81. The van der Waals surface area contributed by atoms with Gasteiger partial charge in [-0.25, -0.2) is 8.42 Å². The van der Waals surface area contributed by atoms with Gasteiger partial charge in [0.2, 0.25) is 10.0 Å². The summed E-state index contributed by atoms with van der Waals surface area (Å²) in [6, 6.07) is 7.65. The Labute approximate surface area is 129 Å². The van der Waals surface area contributed by atoms with Gasteiger partial charge in [0.05, 0.1) is 25.0 Å². The summed E-state index contributed by atoms with van der Waals surface area (Å²) in [7, 11) is -3.27. The number of hydrogen-bond donors (Lipinski definition) is 0. The Morgan fingerprint density at radius 2 is 2.00 bits per heavy atom. The minimum absolute atomic E-state index is 0.0623. The van der Waals surface area contributed by atoms with Gasteiger partial charge in [-0.05, 0) is 23.6 Å². The van der Waals surface area contributed by atoms with Gasteiger partial charge in [-0.2, -0.15) is 4.31 Å². The van der Waals surface area contributed by atoms with Gasteiger partial charge in [0.15, 0.2) is 0 Å². The van der Waals surface area contributed by atoms with E-state index >= 15 is 0 Å². The van der Waals surface area contributed by atoms with Gasteiger partial charge < -0.3 is 4.74 Å². The summed E-state index contributed by atoms with van der Waals surface area (Å²) in [5, 5.41) is 0. The van der Waals surface area contributed by atoms with Crippen LogP contribution < -0.4 is 0 Å². The van der Waals surface area contributed by atoms with Gasteiger partial charge in [-0.1, -0.05) is 41.9 Å². The van der Waals surface area contributed by atoms with Crippen molar-refractivity contribution in [2.45, 2.75) is 26.4 Å². The number of halogens is 1. The first kappa shape index (κ1) is 15.9. The molecule has 0 N–H and O–H groups in total. The Morgan fingerprint density at radius 1 is 1.35 bits per heavy atom. The van der Waals surface area contributed by atoms with Crippen LogP contribution in [0.1, 0.15) is 19.4 Å². The summed E-state index contributed by atoms with van der Waals surface area (Å²) in [4.78, 5) is 0. The molecule has 20 heavy (non-hydrogen) atoms. The summed E-state index contributed by atoms with van der Waals surface area (Å²) in [6.07, 6.45) is 0.